The van der Waals surface area contributed by atoms with Crippen LogP contribution in [0.4, 0.5) is 26.7 Å². The molecular formula is C25H20Cl2F5N9O4. The fourth-order valence-corrected chi connectivity index (χ4v) is 4.94. The third-order valence-electron chi connectivity index (χ3n) is 6.71. The van der Waals surface area contributed by atoms with Gasteiger partial charge >= 0.3 is 18.0 Å². The largest absolute Gasteiger partial charge is 0.465 e. The molecule has 2 unspecified atom stereocenters. The minimum Gasteiger partial charge on any atom is -0.465 e. The van der Waals surface area contributed by atoms with Gasteiger partial charge in [0.2, 0.25) is 5.91 Å². The summed E-state index contributed by atoms with van der Waals surface area (Å²) in [4.78, 5) is 45.9. The number of nitrogens with zero attached hydrogens (tertiary/aromatic N) is 8. The molecule has 1 aromatic carbocycles. The topological polar surface area (TPSA) is 153 Å². The Bertz CT molecular complexity index is 1790. The molecule has 238 valence electrons. The highest BCUT2D eigenvalue weighted by atomic mass is 35.5. The second-order valence-corrected chi connectivity index (χ2v) is 10.7. The third-order valence-corrected chi connectivity index (χ3v) is 7.25. The molecule has 1 saturated heterocycles. The Morgan fingerprint density at radius 3 is 2.47 bits per heavy atom. The van der Waals surface area contributed by atoms with Crippen molar-refractivity contribution >= 4 is 35.2 Å². The van der Waals surface area contributed by atoms with Gasteiger partial charge in [0, 0.05) is 23.2 Å². The number of aromatic nitrogens is 7. The van der Waals surface area contributed by atoms with Gasteiger partial charge in [0.1, 0.15) is 25.0 Å². The Kier molecular flexibility index (Phi) is 8.54. The van der Waals surface area contributed by atoms with Crippen molar-refractivity contribution in [1.29, 1.82) is 0 Å². The lowest BCUT2D eigenvalue weighted by Gasteiger charge is -2.26. The Balaban J connectivity index is 1.48. The normalized spacial score (nSPS) is 17.0. The molecule has 2 N–H and O–H groups in total. The van der Waals surface area contributed by atoms with Crippen LogP contribution in [0.15, 0.2) is 53.7 Å². The van der Waals surface area contributed by atoms with E-state index >= 15 is 0 Å². The maximum Gasteiger partial charge on any atom is 0.410 e. The van der Waals surface area contributed by atoms with E-state index in [9.17, 15) is 41.4 Å². The molecule has 0 bridgehead atoms. The molecule has 1 aliphatic heterocycles. The molecule has 13 nitrogen and oxygen atoms in total. The molecule has 0 spiro atoms. The van der Waals surface area contributed by atoms with Crippen molar-refractivity contribution in [2.24, 2.45) is 0 Å². The van der Waals surface area contributed by atoms with E-state index in [0.29, 0.717) is 4.57 Å². The second-order valence-electron chi connectivity index (χ2n) is 9.88. The van der Waals surface area contributed by atoms with Crippen LogP contribution in [-0.4, -0.2) is 86.8 Å². The van der Waals surface area contributed by atoms with Gasteiger partial charge in [0.25, 0.3) is 5.92 Å². The number of hydrogen-bond acceptors (Lipinski definition) is 7. The standard InChI is InChI=1S/C25H20Cl2F5N9O4/c26-14-5-3-13(4-6-14)19-37-40(10-18-34-12-41(36-18)20-15(27)2-1-7-33-20)22(43)38(19)9-17(25(30,31)32)35-21(42)16-8-24(28,29)11-39(16)23(44)45/h1-7,12,16-17H,8-11H2,(H,35,42)(H,44,45). The Morgan fingerprint density at radius 2 is 1.82 bits per heavy atom. The maximum atomic E-state index is 14.2. The highest BCUT2D eigenvalue weighted by Crippen LogP contribution is 2.33. The molecule has 5 rings (SSSR count). The molecule has 45 heavy (non-hydrogen) atoms. The fourth-order valence-electron chi connectivity index (χ4n) is 4.61. The van der Waals surface area contributed by atoms with Crippen molar-refractivity contribution in [2.75, 3.05) is 6.54 Å². The summed E-state index contributed by atoms with van der Waals surface area (Å²) in [7, 11) is 0. The highest BCUT2D eigenvalue weighted by molar-refractivity contribution is 6.32. The monoisotopic (exact) mass is 675 g/mol. The van der Waals surface area contributed by atoms with E-state index < -0.39 is 67.9 Å². The van der Waals surface area contributed by atoms with Crippen molar-refractivity contribution in [3.05, 3.63) is 75.3 Å². The molecule has 4 heterocycles. The third kappa shape index (κ3) is 6.90. The van der Waals surface area contributed by atoms with Crippen LogP contribution in [0.2, 0.25) is 10.0 Å². The minimum absolute atomic E-state index is 0.0164. The lowest BCUT2D eigenvalue weighted by molar-refractivity contribution is -0.165. The van der Waals surface area contributed by atoms with E-state index in [4.69, 9.17) is 23.2 Å². The van der Waals surface area contributed by atoms with Gasteiger partial charge in [0.15, 0.2) is 17.5 Å². The van der Waals surface area contributed by atoms with Gasteiger partial charge in [-0.05, 0) is 36.4 Å². The van der Waals surface area contributed by atoms with E-state index in [1.54, 1.807) is 17.4 Å². The van der Waals surface area contributed by atoms with Crippen LogP contribution in [0.5, 0.6) is 0 Å². The summed E-state index contributed by atoms with van der Waals surface area (Å²) in [6.45, 7) is -3.01. The molecule has 2 atom stereocenters. The lowest BCUT2D eigenvalue weighted by atomic mass is 10.1. The van der Waals surface area contributed by atoms with E-state index in [0.717, 1.165) is 4.68 Å². The smallest absolute Gasteiger partial charge is 0.410 e. The molecule has 0 aliphatic carbocycles. The van der Waals surface area contributed by atoms with Crippen LogP contribution in [0, 0.1) is 0 Å². The van der Waals surface area contributed by atoms with E-state index in [-0.39, 0.29) is 38.0 Å². The highest BCUT2D eigenvalue weighted by Gasteiger charge is 2.52. The Morgan fingerprint density at radius 1 is 1.11 bits per heavy atom. The maximum absolute atomic E-state index is 14.2. The van der Waals surface area contributed by atoms with Crippen LogP contribution in [0.25, 0.3) is 17.2 Å². The number of carbonyl (C=O) groups excluding carboxylic acids is 1. The first-order valence-corrected chi connectivity index (χ1v) is 13.6. The summed E-state index contributed by atoms with van der Waals surface area (Å²) in [5.74, 6) is -5.25. The van der Waals surface area contributed by atoms with E-state index in [2.05, 4.69) is 20.2 Å². The number of nitrogens with one attached hydrogen (secondary N) is 1. The molecular weight excluding hydrogens is 656 g/mol. The van der Waals surface area contributed by atoms with Gasteiger partial charge in [-0.25, -0.2) is 37.7 Å². The van der Waals surface area contributed by atoms with E-state index in [1.165, 1.54) is 41.5 Å². The summed E-state index contributed by atoms with van der Waals surface area (Å²) in [5.41, 5.74) is -0.885. The predicted molar refractivity (Wildman–Crippen MR) is 146 cm³/mol. The molecule has 0 saturated carbocycles. The number of benzene rings is 1. The molecule has 1 aliphatic rings. The average molecular weight is 676 g/mol. The number of carboxylic acid groups (broad SMARTS) is 1. The molecule has 1 fully saturated rings. The zero-order chi connectivity index (χ0) is 32.7. The van der Waals surface area contributed by atoms with Crippen molar-refractivity contribution in [2.45, 2.75) is 43.7 Å². The quantitative estimate of drug-likeness (QED) is 0.269. The lowest BCUT2D eigenvalue weighted by Crippen LogP contribution is -2.54. The SMILES string of the molecule is O=C(NC(Cn1c(-c2ccc(Cl)cc2)nn(Cc2ncn(-c3ncccc3Cl)n2)c1=O)C(F)(F)F)C1CC(F)(F)CN1C(=O)O. The van der Waals surface area contributed by atoms with Gasteiger partial charge < -0.3 is 10.4 Å². The van der Waals surface area contributed by atoms with Crippen LogP contribution < -0.4 is 11.0 Å². The van der Waals surface area contributed by atoms with Crippen LogP contribution >= 0.6 is 23.2 Å². The number of hydrogen-bond donors (Lipinski definition) is 2. The van der Waals surface area contributed by atoms with Gasteiger partial charge in [-0.3, -0.25) is 14.3 Å². The van der Waals surface area contributed by atoms with E-state index in [1.807, 2.05) is 0 Å². The van der Waals surface area contributed by atoms with Crippen molar-refractivity contribution < 1.29 is 36.6 Å². The van der Waals surface area contributed by atoms with Gasteiger partial charge in [-0.15, -0.1) is 10.2 Å². The minimum atomic E-state index is -5.20. The first kappa shape index (κ1) is 31.8. The zero-order valence-electron chi connectivity index (χ0n) is 22.5. The zero-order valence-corrected chi connectivity index (χ0v) is 24.0. The number of amides is 2. The number of alkyl halides is 5. The molecule has 20 heteroatoms. The summed E-state index contributed by atoms with van der Waals surface area (Å²) < 4.78 is 73.2. The summed E-state index contributed by atoms with van der Waals surface area (Å²) in [5, 5.41) is 19.7. The van der Waals surface area contributed by atoms with Crippen LogP contribution in [0.3, 0.4) is 0 Å². The number of pyridine rings is 1. The number of likely N-dealkylation sites (tertiary alicyclic amines) is 1. The van der Waals surface area contributed by atoms with Crippen LogP contribution in [-0.2, 0) is 17.9 Å². The average Bonchev–Trinajstić information content (AvgIpc) is 3.65. The number of rotatable bonds is 8. The Labute approximate surface area is 258 Å². The molecule has 2 amide bonds. The van der Waals surface area contributed by atoms with Crippen LogP contribution in [0.1, 0.15) is 12.2 Å². The molecule has 4 aromatic rings. The van der Waals surface area contributed by atoms with Gasteiger partial charge in [-0.1, -0.05) is 23.2 Å². The van der Waals surface area contributed by atoms with Crippen molar-refractivity contribution in [3.8, 4) is 17.2 Å². The Hall–Kier alpha value is -4.58. The second kappa shape index (κ2) is 12.1. The summed E-state index contributed by atoms with van der Waals surface area (Å²) in [6.07, 6.45) is -5.70. The van der Waals surface area contributed by atoms with Crippen molar-refractivity contribution in [1.82, 2.24) is 44.3 Å². The van der Waals surface area contributed by atoms with Crippen molar-refractivity contribution in [3.63, 3.8) is 0 Å². The fraction of sp³-hybridized carbons (Fsp3) is 0.320. The summed E-state index contributed by atoms with van der Waals surface area (Å²) in [6, 6.07) is 3.87. The molecule has 0 radical (unpaired) electrons. The number of halogens is 7. The van der Waals surface area contributed by atoms with Gasteiger partial charge in [-0.2, -0.15) is 13.2 Å². The summed E-state index contributed by atoms with van der Waals surface area (Å²) >= 11 is 12.1. The molecule has 3 aromatic heterocycles. The first-order valence-electron chi connectivity index (χ1n) is 12.8. The predicted octanol–water partition coefficient (Wildman–Crippen LogP) is 3.48. The van der Waals surface area contributed by atoms with Gasteiger partial charge in [0.05, 0.1) is 18.1 Å². The first-order chi connectivity index (χ1) is 21.1. The number of carbonyl (C=O) groups is 2.